The van der Waals surface area contributed by atoms with Crippen LogP contribution in [0.4, 0.5) is 9.18 Å². The van der Waals surface area contributed by atoms with E-state index in [1.807, 2.05) is 17.6 Å². The number of hydrogen-bond acceptors (Lipinski definition) is 4. The van der Waals surface area contributed by atoms with E-state index >= 15 is 0 Å². The zero-order valence-corrected chi connectivity index (χ0v) is 13.6. The average molecular weight is 345 g/mol. The number of aromatic nitrogens is 3. The van der Waals surface area contributed by atoms with Gasteiger partial charge in [-0.2, -0.15) is 5.10 Å². The van der Waals surface area contributed by atoms with Crippen molar-refractivity contribution in [2.45, 2.75) is 13.0 Å². The molecule has 2 heterocycles. The summed E-state index contributed by atoms with van der Waals surface area (Å²) in [6, 6.07) is 7.60. The maximum Gasteiger partial charge on any atom is 0.315 e. The first-order chi connectivity index (χ1) is 11.7. The molecule has 0 aliphatic heterocycles. The summed E-state index contributed by atoms with van der Waals surface area (Å²) in [5, 5.41) is 12.4. The molecule has 2 amide bonds. The van der Waals surface area contributed by atoms with Gasteiger partial charge in [-0.3, -0.25) is 0 Å². The highest BCUT2D eigenvalue weighted by Crippen LogP contribution is 2.13. The number of nitrogens with zero attached hydrogens (tertiary/aromatic N) is 3. The minimum Gasteiger partial charge on any atom is -0.338 e. The fraction of sp³-hybridized carbons (Fsp3) is 0.188. The van der Waals surface area contributed by atoms with Gasteiger partial charge >= 0.3 is 6.03 Å². The lowest BCUT2D eigenvalue weighted by Gasteiger charge is -2.07. The summed E-state index contributed by atoms with van der Waals surface area (Å²) < 4.78 is 14.5. The van der Waals surface area contributed by atoms with E-state index in [2.05, 4.69) is 20.7 Å². The average Bonchev–Trinajstić information content (AvgIpc) is 3.25. The molecule has 0 fully saturated rings. The third kappa shape index (κ3) is 4.39. The summed E-state index contributed by atoms with van der Waals surface area (Å²) >= 11 is 1.51. The van der Waals surface area contributed by atoms with Crippen LogP contribution in [0.25, 0.3) is 5.13 Å². The quantitative estimate of drug-likeness (QED) is 0.721. The van der Waals surface area contributed by atoms with E-state index in [-0.39, 0.29) is 11.8 Å². The third-order valence-electron chi connectivity index (χ3n) is 3.27. The molecular formula is C16H16FN5OS. The summed E-state index contributed by atoms with van der Waals surface area (Å²) in [6.45, 7) is 0.837. The lowest BCUT2D eigenvalue weighted by molar-refractivity contribution is 0.240. The Bertz CT molecular complexity index is 785. The van der Waals surface area contributed by atoms with Gasteiger partial charge in [0.15, 0.2) is 0 Å². The molecule has 24 heavy (non-hydrogen) atoms. The van der Waals surface area contributed by atoms with Gasteiger partial charge in [0.05, 0.1) is 5.69 Å². The minimum absolute atomic E-state index is 0.262. The molecule has 0 aliphatic rings. The van der Waals surface area contributed by atoms with Gasteiger partial charge in [-0.05, 0) is 23.8 Å². The molecule has 0 saturated heterocycles. The molecule has 2 N–H and O–H groups in total. The first-order valence-electron chi connectivity index (χ1n) is 7.41. The van der Waals surface area contributed by atoms with Crippen LogP contribution in [0, 0.1) is 5.82 Å². The van der Waals surface area contributed by atoms with Crippen molar-refractivity contribution in [3.8, 4) is 5.13 Å². The molecule has 0 bridgehead atoms. The zero-order chi connectivity index (χ0) is 16.8. The van der Waals surface area contributed by atoms with E-state index in [1.165, 1.54) is 23.5 Å². The molecule has 124 valence electrons. The zero-order valence-electron chi connectivity index (χ0n) is 12.8. The van der Waals surface area contributed by atoms with Crippen LogP contribution < -0.4 is 10.6 Å². The van der Waals surface area contributed by atoms with Gasteiger partial charge in [-0.25, -0.2) is 18.9 Å². The second kappa shape index (κ2) is 7.69. The molecule has 0 atom stereocenters. The monoisotopic (exact) mass is 345 g/mol. The van der Waals surface area contributed by atoms with Crippen molar-refractivity contribution in [2.24, 2.45) is 0 Å². The molecular weight excluding hydrogens is 329 g/mol. The lowest BCUT2D eigenvalue weighted by Crippen LogP contribution is -2.36. The van der Waals surface area contributed by atoms with Gasteiger partial charge in [-0.1, -0.05) is 12.1 Å². The van der Waals surface area contributed by atoms with E-state index in [0.29, 0.717) is 19.5 Å². The summed E-state index contributed by atoms with van der Waals surface area (Å²) in [7, 11) is 0. The Morgan fingerprint density at radius 3 is 2.83 bits per heavy atom. The number of nitrogens with one attached hydrogen (secondary N) is 2. The minimum atomic E-state index is -0.291. The molecule has 0 spiro atoms. The highest BCUT2D eigenvalue weighted by Gasteiger charge is 2.05. The van der Waals surface area contributed by atoms with E-state index < -0.39 is 0 Å². The van der Waals surface area contributed by atoms with Crippen molar-refractivity contribution in [1.29, 1.82) is 0 Å². The summed E-state index contributed by atoms with van der Waals surface area (Å²) in [4.78, 5) is 16.2. The Morgan fingerprint density at radius 2 is 2.08 bits per heavy atom. The van der Waals surface area contributed by atoms with Gasteiger partial charge in [0.2, 0.25) is 5.13 Å². The smallest absolute Gasteiger partial charge is 0.315 e. The van der Waals surface area contributed by atoms with Crippen molar-refractivity contribution in [3.63, 3.8) is 0 Å². The van der Waals surface area contributed by atoms with Gasteiger partial charge in [0.25, 0.3) is 0 Å². The van der Waals surface area contributed by atoms with Crippen molar-refractivity contribution in [3.05, 3.63) is 65.2 Å². The fourth-order valence-electron chi connectivity index (χ4n) is 2.05. The Hall–Kier alpha value is -2.74. The van der Waals surface area contributed by atoms with Crippen LogP contribution in [0.15, 0.2) is 48.1 Å². The number of urea groups is 1. The predicted molar refractivity (Wildman–Crippen MR) is 89.6 cm³/mol. The standard InChI is InChI=1S/C16H16FN5OS/c17-13-4-2-12(3-5-13)10-19-15(23)18-8-6-14-11-24-16(21-14)22-9-1-7-20-22/h1-5,7,9,11H,6,8,10H2,(H2,18,19,23). The number of hydrogen-bond donors (Lipinski definition) is 2. The van der Waals surface area contributed by atoms with Crippen molar-refractivity contribution in [2.75, 3.05) is 6.54 Å². The number of halogens is 1. The van der Waals surface area contributed by atoms with Crippen molar-refractivity contribution < 1.29 is 9.18 Å². The number of rotatable bonds is 6. The highest BCUT2D eigenvalue weighted by atomic mass is 32.1. The molecule has 3 rings (SSSR count). The van der Waals surface area contributed by atoms with Crippen LogP contribution in [0.1, 0.15) is 11.3 Å². The largest absolute Gasteiger partial charge is 0.338 e. The van der Waals surface area contributed by atoms with E-state index in [1.54, 1.807) is 23.0 Å². The molecule has 0 saturated carbocycles. The number of carbonyl (C=O) groups is 1. The fourth-order valence-corrected chi connectivity index (χ4v) is 2.85. The Balaban J connectivity index is 1.40. The van der Waals surface area contributed by atoms with Gasteiger partial charge in [0.1, 0.15) is 5.82 Å². The molecule has 1 aromatic carbocycles. The SMILES string of the molecule is O=C(NCCc1csc(-n2cccn2)n1)NCc1ccc(F)cc1. The highest BCUT2D eigenvalue weighted by molar-refractivity contribution is 7.12. The van der Waals surface area contributed by atoms with Gasteiger partial charge < -0.3 is 10.6 Å². The molecule has 8 heteroatoms. The van der Waals surface area contributed by atoms with Gasteiger partial charge in [0, 0.05) is 37.3 Å². The van der Waals surface area contributed by atoms with E-state index in [4.69, 9.17) is 0 Å². The molecule has 0 aliphatic carbocycles. The second-order valence-corrected chi connectivity index (χ2v) is 5.89. The van der Waals surface area contributed by atoms with Crippen molar-refractivity contribution in [1.82, 2.24) is 25.4 Å². The first kappa shape index (κ1) is 16.1. The molecule has 0 radical (unpaired) electrons. The lowest BCUT2D eigenvalue weighted by atomic mass is 10.2. The van der Waals surface area contributed by atoms with E-state index in [0.717, 1.165) is 16.4 Å². The molecule has 6 nitrogen and oxygen atoms in total. The van der Waals surface area contributed by atoms with Crippen molar-refractivity contribution >= 4 is 17.4 Å². The Kier molecular flexibility index (Phi) is 5.17. The van der Waals surface area contributed by atoms with Crippen LogP contribution >= 0.6 is 11.3 Å². The predicted octanol–water partition coefficient (Wildman–Crippen LogP) is 2.51. The number of benzene rings is 1. The Morgan fingerprint density at radius 1 is 1.25 bits per heavy atom. The van der Waals surface area contributed by atoms with Gasteiger partial charge in [-0.15, -0.1) is 11.3 Å². The number of thiazole rings is 1. The second-order valence-electron chi connectivity index (χ2n) is 5.06. The van der Waals surface area contributed by atoms with Crippen LogP contribution in [-0.4, -0.2) is 27.3 Å². The van der Waals surface area contributed by atoms with Crippen LogP contribution in [0.5, 0.6) is 0 Å². The maximum absolute atomic E-state index is 12.8. The van der Waals surface area contributed by atoms with Crippen LogP contribution in [0.2, 0.25) is 0 Å². The summed E-state index contributed by atoms with van der Waals surface area (Å²) in [5.74, 6) is -0.291. The third-order valence-corrected chi connectivity index (χ3v) is 4.15. The normalized spacial score (nSPS) is 10.5. The molecule has 3 aromatic rings. The first-order valence-corrected chi connectivity index (χ1v) is 8.29. The van der Waals surface area contributed by atoms with Crippen LogP contribution in [-0.2, 0) is 13.0 Å². The maximum atomic E-state index is 12.8. The molecule has 2 aromatic heterocycles. The van der Waals surface area contributed by atoms with E-state index in [9.17, 15) is 9.18 Å². The molecule has 0 unspecified atom stereocenters. The number of carbonyl (C=O) groups excluding carboxylic acids is 1. The summed E-state index contributed by atoms with van der Waals surface area (Å²) in [5.41, 5.74) is 1.75. The Labute approximate surface area is 142 Å². The topological polar surface area (TPSA) is 71.8 Å². The summed E-state index contributed by atoms with van der Waals surface area (Å²) in [6.07, 6.45) is 4.18. The van der Waals surface area contributed by atoms with Crippen LogP contribution in [0.3, 0.4) is 0 Å². The number of amides is 2.